The van der Waals surface area contributed by atoms with Crippen molar-refractivity contribution in [3.8, 4) is 0 Å². The fraction of sp³-hybridized carbons (Fsp3) is 0.625. The number of aromatic nitrogens is 4. The Morgan fingerprint density at radius 1 is 1.26 bits per heavy atom. The van der Waals surface area contributed by atoms with Gasteiger partial charge >= 0.3 is 5.69 Å². The molecule has 0 radical (unpaired) electrons. The number of rotatable bonds is 5. The van der Waals surface area contributed by atoms with Crippen molar-refractivity contribution in [2.24, 2.45) is 17.9 Å². The van der Waals surface area contributed by atoms with Crippen molar-refractivity contribution in [1.29, 1.82) is 0 Å². The van der Waals surface area contributed by atoms with E-state index in [-0.39, 0.29) is 39.1 Å². The quantitative estimate of drug-likeness (QED) is 0.585. The number of pyridine rings is 1. The number of fused-ring (bicyclic) bond motifs is 1. The average Bonchev–Trinajstić information content (AvgIpc) is 3.26. The normalized spacial score (nSPS) is 21.3. The van der Waals surface area contributed by atoms with Gasteiger partial charge in [0.15, 0.2) is 11.4 Å². The van der Waals surface area contributed by atoms with Gasteiger partial charge in [-0.05, 0) is 49.1 Å². The molecule has 1 fully saturated rings. The first-order valence-electron chi connectivity index (χ1n) is 11.7. The van der Waals surface area contributed by atoms with Crippen LogP contribution in [0.25, 0.3) is 11.2 Å². The lowest BCUT2D eigenvalue weighted by Gasteiger charge is -2.42. The first-order valence-corrected chi connectivity index (χ1v) is 13.2. The summed E-state index contributed by atoms with van der Waals surface area (Å²) in [5.74, 6) is 0.347. The Balaban J connectivity index is 1.65. The van der Waals surface area contributed by atoms with Crippen molar-refractivity contribution in [1.82, 2.24) is 24.0 Å². The van der Waals surface area contributed by atoms with Crippen molar-refractivity contribution in [2.75, 3.05) is 0 Å². The van der Waals surface area contributed by atoms with Crippen LogP contribution in [0.1, 0.15) is 71.3 Å². The van der Waals surface area contributed by atoms with Crippen LogP contribution in [-0.2, 0) is 23.6 Å². The molecule has 0 bridgehead atoms. The van der Waals surface area contributed by atoms with Gasteiger partial charge in [-0.2, -0.15) is 0 Å². The zero-order valence-corrected chi connectivity index (χ0v) is 21.9. The molecule has 9 nitrogen and oxygen atoms in total. The van der Waals surface area contributed by atoms with E-state index in [9.17, 15) is 13.2 Å². The van der Waals surface area contributed by atoms with E-state index in [1.807, 2.05) is 12.1 Å². The summed E-state index contributed by atoms with van der Waals surface area (Å²) in [6, 6.07) is 3.68. The van der Waals surface area contributed by atoms with Crippen molar-refractivity contribution in [3.05, 3.63) is 40.3 Å². The molecule has 34 heavy (non-hydrogen) atoms. The van der Waals surface area contributed by atoms with Crippen molar-refractivity contribution in [3.63, 3.8) is 0 Å². The molecule has 2 unspecified atom stereocenters. The maximum Gasteiger partial charge on any atom is 0.330 e. The number of aryl methyl sites for hydroxylation is 2. The Kier molecular flexibility index (Phi) is 6.05. The number of nitrogens with one attached hydrogen (secondary N) is 1. The smallest absolute Gasteiger partial charge is 0.330 e. The van der Waals surface area contributed by atoms with Crippen LogP contribution in [0.5, 0.6) is 0 Å². The van der Waals surface area contributed by atoms with Crippen LogP contribution in [0, 0.1) is 17.8 Å². The minimum atomic E-state index is -3.76. The Morgan fingerprint density at radius 3 is 2.59 bits per heavy atom. The molecule has 3 aromatic heterocycles. The van der Waals surface area contributed by atoms with Crippen LogP contribution < -0.4 is 10.4 Å². The largest absolute Gasteiger partial charge is 0.360 e. The highest BCUT2D eigenvalue weighted by atomic mass is 32.2. The molecular weight excluding hydrogens is 454 g/mol. The standard InChI is InChI=1S/C24H35N5O4S/c1-15-19(13-25-33-15)34(31,32)27-20-12-16(10-11-24(20,5)6)17-8-9-18-21(26-17)28(7)22(30)29(18)14-23(2,3)4/h8-9,13,16,20,27H,10-12,14H2,1-7H3. The summed E-state index contributed by atoms with van der Waals surface area (Å²) in [5.41, 5.74) is 2.03. The van der Waals surface area contributed by atoms with E-state index < -0.39 is 10.0 Å². The number of hydrogen-bond donors (Lipinski definition) is 1. The molecule has 2 atom stereocenters. The Morgan fingerprint density at radius 2 is 1.97 bits per heavy atom. The summed E-state index contributed by atoms with van der Waals surface area (Å²) in [5, 5.41) is 3.61. The predicted molar refractivity (Wildman–Crippen MR) is 130 cm³/mol. The van der Waals surface area contributed by atoms with Gasteiger partial charge in [-0.1, -0.05) is 39.8 Å². The second-order valence-electron chi connectivity index (χ2n) is 11.4. The van der Waals surface area contributed by atoms with Gasteiger partial charge < -0.3 is 4.52 Å². The van der Waals surface area contributed by atoms with Gasteiger partial charge in [0, 0.05) is 31.2 Å². The number of imidazole rings is 1. The van der Waals surface area contributed by atoms with E-state index in [0.29, 0.717) is 18.6 Å². The molecule has 0 aromatic carbocycles. The van der Waals surface area contributed by atoms with E-state index in [2.05, 4.69) is 44.5 Å². The lowest BCUT2D eigenvalue weighted by Crippen LogP contribution is -2.48. The predicted octanol–water partition coefficient (Wildman–Crippen LogP) is 3.72. The third-order valence-electron chi connectivity index (χ3n) is 6.95. The molecule has 0 amide bonds. The maximum atomic E-state index is 13.0. The van der Waals surface area contributed by atoms with Crippen LogP contribution in [0.15, 0.2) is 32.5 Å². The number of sulfonamides is 1. The molecule has 0 aliphatic heterocycles. The minimum absolute atomic E-state index is 0.0427. The van der Waals surface area contributed by atoms with Crippen LogP contribution in [-0.4, -0.2) is 33.7 Å². The summed E-state index contributed by atoms with van der Waals surface area (Å²) in [7, 11) is -2.01. The molecule has 1 N–H and O–H groups in total. The number of hydrogen-bond acceptors (Lipinski definition) is 6. The summed E-state index contributed by atoms with van der Waals surface area (Å²) in [4.78, 5) is 17.8. The van der Waals surface area contributed by atoms with Crippen LogP contribution in [0.3, 0.4) is 0 Å². The molecule has 1 aliphatic carbocycles. The Bertz CT molecular complexity index is 1370. The second kappa shape index (κ2) is 8.34. The van der Waals surface area contributed by atoms with E-state index in [1.165, 1.54) is 6.20 Å². The fourth-order valence-electron chi connectivity index (χ4n) is 4.86. The molecule has 0 saturated heterocycles. The van der Waals surface area contributed by atoms with Gasteiger partial charge in [-0.15, -0.1) is 0 Å². The Labute approximate surface area is 200 Å². The van der Waals surface area contributed by atoms with Crippen LogP contribution >= 0.6 is 0 Å². The number of nitrogens with zero attached hydrogens (tertiary/aromatic N) is 4. The molecule has 3 heterocycles. The van der Waals surface area contributed by atoms with Gasteiger partial charge in [0.25, 0.3) is 0 Å². The summed E-state index contributed by atoms with van der Waals surface area (Å²) < 4.78 is 37.3. The van der Waals surface area contributed by atoms with E-state index >= 15 is 0 Å². The van der Waals surface area contributed by atoms with Gasteiger partial charge in [0.1, 0.15) is 4.90 Å². The third kappa shape index (κ3) is 4.57. The molecule has 186 valence electrons. The van der Waals surface area contributed by atoms with Crippen LogP contribution in [0.2, 0.25) is 0 Å². The molecule has 4 rings (SSSR count). The van der Waals surface area contributed by atoms with E-state index in [0.717, 1.165) is 24.1 Å². The summed E-state index contributed by atoms with van der Waals surface area (Å²) >= 11 is 0. The topological polar surface area (TPSA) is 112 Å². The highest BCUT2D eigenvalue weighted by Gasteiger charge is 2.40. The minimum Gasteiger partial charge on any atom is -0.360 e. The Hall–Kier alpha value is -2.46. The van der Waals surface area contributed by atoms with Gasteiger partial charge in [0.05, 0.1) is 11.7 Å². The van der Waals surface area contributed by atoms with E-state index in [1.54, 1.807) is 23.1 Å². The van der Waals surface area contributed by atoms with Gasteiger partial charge in [-0.25, -0.2) is 22.9 Å². The molecule has 3 aromatic rings. The summed E-state index contributed by atoms with van der Waals surface area (Å²) in [6.07, 6.45) is 3.60. The molecule has 0 spiro atoms. The zero-order valence-electron chi connectivity index (χ0n) is 21.0. The van der Waals surface area contributed by atoms with Crippen molar-refractivity contribution in [2.45, 2.75) is 84.2 Å². The summed E-state index contributed by atoms with van der Waals surface area (Å²) in [6.45, 7) is 12.7. The third-order valence-corrected chi connectivity index (χ3v) is 8.51. The molecular formula is C24H35N5O4S. The van der Waals surface area contributed by atoms with Gasteiger partial charge in [-0.3, -0.25) is 9.13 Å². The van der Waals surface area contributed by atoms with Crippen molar-refractivity contribution < 1.29 is 12.9 Å². The fourth-order valence-corrected chi connectivity index (χ4v) is 6.37. The lowest BCUT2D eigenvalue weighted by atomic mass is 9.69. The first kappa shape index (κ1) is 24.7. The first-order chi connectivity index (χ1) is 15.7. The lowest BCUT2D eigenvalue weighted by molar-refractivity contribution is 0.170. The molecule has 1 saturated carbocycles. The monoisotopic (exact) mass is 489 g/mol. The average molecular weight is 490 g/mol. The highest BCUT2D eigenvalue weighted by Crippen LogP contribution is 2.43. The van der Waals surface area contributed by atoms with Crippen LogP contribution in [0.4, 0.5) is 0 Å². The highest BCUT2D eigenvalue weighted by molar-refractivity contribution is 7.89. The SMILES string of the molecule is Cc1oncc1S(=O)(=O)NC1CC(c2ccc3c(n2)n(C)c(=O)n3CC(C)(C)C)CCC1(C)C. The molecule has 10 heteroatoms. The second-order valence-corrected chi connectivity index (χ2v) is 13.1. The molecule has 1 aliphatic rings. The van der Waals surface area contributed by atoms with E-state index in [4.69, 9.17) is 9.51 Å². The zero-order chi connectivity index (χ0) is 25.1. The maximum absolute atomic E-state index is 13.0. The van der Waals surface area contributed by atoms with Crippen molar-refractivity contribution >= 4 is 21.2 Å². The van der Waals surface area contributed by atoms with Gasteiger partial charge in [0.2, 0.25) is 10.0 Å².